The summed E-state index contributed by atoms with van der Waals surface area (Å²) in [7, 11) is 0. The standard InChI is InChI=1S/C20H29N/c1-14(2)15(3)17-9-7-8-10-18(17)19-13-16(11-12-21-19)20(4,5)6/h7-15,19,21H,1-6H3. The largest absolute Gasteiger partial charge is 0.381 e. The van der Waals surface area contributed by atoms with E-state index in [1.807, 2.05) is 0 Å². The van der Waals surface area contributed by atoms with E-state index in [1.54, 1.807) is 0 Å². The van der Waals surface area contributed by atoms with Gasteiger partial charge in [0.05, 0.1) is 6.04 Å². The van der Waals surface area contributed by atoms with Crippen molar-refractivity contribution in [2.75, 3.05) is 0 Å². The van der Waals surface area contributed by atoms with Crippen LogP contribution in [0.4, 0.5) is 0 Å². The zero-order valence-electron chi connectivity index (χ0n) is 14.3. The molecule has 0 spiro atoms. The maximum absolute atomic E-state index is 3.51. The molecule has 0 aliphatic carbocycles. The molecule has 1 aromatic carbocycles. The fourth-order valence-electron chi connectivity index (χ4n) is 2.77. The van der Waals surface area contributed by atoms with Gasteiger partial charge in [-0.15, -0.1) is 0 Å². The van der Waals surface area contributed by atoms with Gasteiger partial charge in [0.1, 0.15) is 0 Å². The third kappa shape index (κ3) is 3.58. The minimum Gasteiger partial charge on any atom is -0.381 e. The molecule has 2 atom stereocenters. The molecule has 2 rings (SSSR count). The molecule has 2 unspecified atom stereocenters. The molecule has 0 saturated carbocycles. The van der Waals surface area contributed by atoms with Crippen LogP contribution in [0.15, 0.2) is 48.2 Å². The molecule has 114 valence electrons. The zero-order valence-corrected chi connectivity index (χ0v) is 14.3. The summed E-state index contributed by atoms with van der Waals surface area (Å²) in [5.41, 5.74) is 4.46. The molecule has 1 aromatic rings. The monoisotopic (exact) mass is 283 g/mol. The lowest BCUT2D eigenvalue weighted by atomic mass is 9.81. The van der Waals surface area contributed by atoms with E-state index in [9.17, 15) is 0 Å². The van der Waals surface area contributed by atoms with Crippen LogP contribution in [0.3, 0.4) is 0 Å². The molecule has 0 radical (unpaired) electrons. The molecule has 0 amide bonds. The second-order valence-electron chi connectivity index (χ2n) is 7.51. The van der Waals surface area contributed by atoms with Gasteiger partial charge in [-0.25, -0.2) is 0 Å². The maximum Gasteiger partial charge on any atom is 0.0701 e. The second-order valence-corrected chi connectivity index (χ2v) is 7.51. The van der Waals surface area contributed by atoms with Crippen LogP contribution in [0.5, 0.6) is 0 Å². The molecule has 1 heteroatoms. The Morgan fingerprint density at radius 2 is 1.71 bits per heavy atom. The summed E-state index contributed by atoms with van der Waals surface area (Å²) >= 11 is 0. The highest BCUT2D eigenvalue weighted by molar-refractivity contribution is 5.40. The summed E-state index contributed by atoms with van der Waals surface area (Å²) in [6.45, 7) is 13.7. The van der Waals surface area contributed by atoms with Crippen LogP contribution in [-0.4, -0.2) is 0 Å². The van der Waals surface area contributed by atoms with E-state index in [4.69, 9.17) is 0 Å². The Hall–Kier alpha value is -1.50. The number of dihydropyridines is 1. The van der Waals surface area contributed by atoms with Crippen LogP contribution in [0.1, 0.15) is 64.6 Å². The lowest BCUT2D eigenvalue weighted by Crippen LogP contribution is -2.22. The van der Waals surface area contributed by atoms with Gasteiger partial charge < -0.3 is 5.32 Å². The van der Waals surface area contributed by atoms with Gasteiger partial charge in [-0.2, -0.15) is 0 Å². The average Bonchev–Trinajstić information content (AvgIpc) is 2.45. The fraction of sp³-hybridized carbons (Fsp3) is 0.500. The summed E-state index contributed by atoms with van der Waals surface area (Å²) in [5.74, 6) is 1.22. The predicted octanol–water partition coefficient (Wildman–Crippen LogP) is 5.58. The Balaban J connectivity index is 2.39. The van der Waals surface area contributed by atoms with Gasteiger partial charge in [0, 0.05) is 0 Å². The minimum absolute atomic E-state index is 0.190. The molecular weight excluding hydrogens is 254 g/mol. The third-order valence-corrected chi connectivity index (χ3v) is 4.57. The SMILES string of the molecule is CC(C)C(C)c1ccccc1C1C=C(C(C)(C)C)C=CN1. The smallest absolute Gasteiger partial charge is 0.0701 e. The normalized spacial score (nSPS) is 20.1. The van der Waals surface area contributed by atoms with Crippen molar-refractivity contribution in [1.29, 1.82) is 0 Å². The molecule has 1 aliphatic heterocycles. The predicted molar refractivity (Wildman–Crippen MR) is 92.2 cm³/mol. The van der Waals surface area contributed by atoms with Crippen molar-refractivity contribution in [3.8, 4) is 0 Å². The topological polar surface area (TPSA) is 12.0 Å². The lowest BCUT2D eigenvalue weighted by Gasteiger charge is -2.29. The van der Waals surface area contributed by atoms with E-state index in [1.165, 1.54) is 16.7 Å². The molecule has 0 fully saturated rings. The summed E-state index contributed by atoms with van der Waals surface area (Å²) in [5, 5.41) is 3.51. The molecule has 1 nitrogen and oxygen atoms in total. The Morgan fingerprint density at radius 1 is 1.05 bits per heavy atom. The van der Waals surface area contributed by atoms with E-state index < -0.39 is 0 Å². The van der Waals surface area contributed by atoms with Gasteiger partial charge in [-0.1, -0.05) is 71.9 Å². The van der Waals surface area contributed by atoms with Crippen LogP contribution < -0.4 is 5.32 Å². The highest BCUT2D eigenvalue weighted by Gasteiger charge is 2.23. The summed E-state index contributed by atoms with van der Waals surface area (Å²) in [4.78, 5) is 0. The molecule has 0 saturated heterocycles. The van der Waals surface area contributed by atoms with Crippen molar-refractivity contribution in [3.63, 3.8) is 0 Å². The number of rotatable bonds is 3. The van der Waals surface area contributed by atoms with E-state index >= 15 is 0 Å². The quantitative estimate of drug-likeness (QED) is 0.764. The van der Waals surface area contributed by atoms with E-state index in [-0.39, 0.29) is 11.5 Å². The highest BCUT2D eigenvalue weighted by Crippen LogP contribution is 2.35. The Kier molecular flexibility index (Phi) is 4.61. The Bertz CT molecular complexity index is 543. The molecule has 21 heavy (non-hydrogen) atoms. The number of allylic oxidation sites excluding steroid dienone is 2. The van der Waals surface area contributed by atoms with Crippen molar-refractivity contribution >= 4 is 0 Å². The Morgan fingerprint density at radius 3 is 2.33 bits per heavy atom. The van der Waals surface area contributed by atoms with Gasteiger partial charge in [-0.3, -0.25) is 0 Å². The number of nitrogens with one attached hydrogen (secondary N) is 1. The van der Waals surface area contributed by atoms with Crippen LogP contribution in [0, 0.1) is 11.3 Å². The number of hydrogen-bond donors (Lipinski definition) is 1. The van der Waals surface area contributed by atoms with Gasteiger partial charge in [0.2, 0.25) is 0 Å². The zero-order chi connectivity index (χ0) is 15.6. The molecule has 1 aliphatic rings. The molecule has 0 bridgehead atoms. The third-order valence-electron chi connectivity index (χ3n) is 4.57. The first-order chi connectivity index (χ1) is 9.80. The van der Waals surface area contributed by atoms with Crippen molar-refractivity contribution < 1.29 is 0 Å². The minimum atomic E-state index is 0.190. The number of benzene rings is 1. The number of hydrogen-bond acceptors (Lipinski definition) is 1. The highest BCUT2D eigenvalue weighted by atomic mass is 14.9. The van der Waals surface area contributed by atoms with E-state index in [0.717, 1.165) is 0 Å². The van der Waals surface area contributed by atoms with Gasteiger partial charge in [0.25, 0.3) is 0 Å². The van der Waals surface area contributed by atoms with Gasteiger partial charge in [-0.05, 0) is 46.2 Å². The van der Waals surface area contributed by atoms with Crippen LogP contribution in [-0.2, 0) is 0 Å². The van der Waals surface area contributed by atoms with Gasteiger partial charge in [0.15, 0.2) is 0 Å². The summed E-state index contributed by atoms with van der Waals surface area (Å²) < 4.78 is 0. The van der Waals surface area contributed by atoms with Crippen LogP contribution in [0.25, 0.3) is 0 Å². The van der Waals surface area contributed by atoms with E-state index in [0.29, 0.717) is 11.8 Å². The first-order valence-electron chi connectivity index (χ1n) is 8.04. The maximum atomic E-state index is 3.51. The molecule has 0 aromatic heterocycles. The van der Waals surface area contributed by atoms with E-state index in [2.05, 4.69) is 89.5 Å². The molecular formula is C20H29N. The summed E-state index contributed by atoms with van der Waals surface area (Å²) in [6, 6.07) is 9.13. The molecule has 1 N–H and O–H groups in total. The van der Waals surface area contributed by atoms with Crippen molar-refractivity contribution in [3.05, 3.63) is 59.3 Å². The average molecular weight is 283 g/mol. The second kappa shape index (κ2) is 6.09. The summed E-state index contributed by atoms with van der Waals surface area (Å²) in [6.07, 6.45) is 6.68. The van der Waals surface area contributed by atoms with Crippen LogP contribution in [0.2, 0.25) is 0 Å². The van der Waals surface area contributed by atoms with Crippen molar-refractivity contribution in [2.45, 2.75) is 53.5 Å². The Labute approximate surface area is 130 Å². The van der Waals surface area contributed by atoms with Crippen molar-refractivity contribution in [2.24, 2.45) is 11.3 Å². The van der Waals surface area contributed by atoms with Crippen molar-refractivity contribution in [1.82, 2.24) is 5.32 Å². The molecule has 1 heterocycles. The first kappa shape index (κ1) is 15.9. The van der Waals surface area contributed by atoms with Crippen LogP contribution >= 0.6 is 0 Å². The van der Waals surface area contributed by atoms with Gasteiger partial charge >= 0.3 is 0 Å². The first-order valence-corrected chi connectivity index (χ1v) is 8.04. The fourth-order valence-corrected chi connectivity index (χ4v) is 2.77. The lowest BCUT2D eigenvalue weighted by molar-refractivity contribution is 0.502.